The Hall–Kier alpha value is -0.860. The first kappa shape index (κ1) is 11.6. The third-order valence-corrected chi connectivity index (χ3v) is 3.48. The zero-order chi connectivity index (χ0) is 11.8. The van der Waals surface area contributed by atoms with Gasteiger partial charge in [-0.1, -0.05) is 24.3 Å². The van der Waals surface area contributed by atoms with E-state index in [0.717, 1.165) is 12.1 Å². The fourth-order valence-electron chi connectivity index (χ4n) is 2.37. The van der Waals surface area contributed by atoms with Crippen LogP contribution in [0.1, 0.15) is 37.3 Å². The Morgan fingerprint density at radius 1 is 1.25 bits per heavy atom. The summed E-state index contributed by atoms with van der Waals surface area (Å²) >= 11 is 0. The van der Waals surface area contributed by atoms with Gasteiger partial charge in [-0.05, 0) is 50.9 Å². The average Bonchev–Trinajstić information content (AvgIpc) is 2.64. The van der Waals surface area contributed by atoms with E-state index in [9.17, 15) is 5.11 Å². The van der Waals surface area contributed by atoms with Crippen molar-refractivity contribution in [3.63, 3.8) is 0 Å². The standard InChI is InChI=1S/C14H21NO/c1-14(2,16)13-6-4-11(5-7-13)12-8-9-15(3)10-12/h4-7,12,16H,8-10H2,1-3H3. The third kappa shape index (κ3) is 2.45. The van der Waals surface area contributed by atoms with Crippen molar-refractivity contribution in [1.82, 2.24) is 4.90 Å². The van der Waals surface area contributed by atoms with Crippen molar-refractivity contribution < 1.29 is 5.11 Å². The summed E-state index contributed by atoms with van der Waals surface area (Å²) in [7, 11) is 2.17. The van der Waals surface area contributed by atoms with Gasteiger partial charge in [0, 0.05) is 6.54 Å². The Bertz CT molecular complexity index is 350. The number of benzene rings is 1. The molecule has 1 aliphatic heterocycles. The highest BCUT2D eigenvalue weighted by Crippen LogP contribution is 2.28. The van der Waals surface area contributed by atoms with Gasteiger partial charge in [0.25, 0.3) is 0 Å². The molecule has 1 saturated heterocycles. The minimum atomic E-state index is -0.731. The summed E-state index contributed by atoms with van der Waals surface area (Å²) in [6.07, 6.45) is 1.25. The van der Waals surface area contributed by atoms with E-state index in [-0.39, 0.29) is 0 Å². The third-order valence-electron chi connectivity index (χ3n) is 3.48. The first-order valence-electron chi connectivity index (χ1n) is 5.98. The molecule has 1 unspecified atom stereocenters. The quantitative estimate of drug-likeness (QED) is 0.825. The van der Waals surface area contributed by atoms with Crippen LogP contribution in [-0.2, 0) is 5.60 Å². The SMILES string of the molecule is CN1CCC(c2ccc(C(C)(C)O)cc2)C1. The van der Waals surface area contributed by atoms with E-state index < -0.39 is 5.60 Å². The van der Waals surface area contributed by atoms with Crippen molar-refractivity contribution in [2.24, 2.45) is 0 Å². The van der Waals surface area contributed by atoms with Crippen LogP contribution in [-0.4, -0.2) is 30.1 Å². The molecule has 0 aromatic heterocycles. The molecule has 1 heterocycles. The van der Waals surface area contributed by atoms with E-state index in [4.69, 9.17) is 0 Å². The zero-order valence-electron chi connectivity index (χ0n) is 10.4. The van der Waals surface area contributed by atoms with Crippen molar-refractivity contribution in [1.29, 1.82) is 0 Å². The molecule has 0 saturated carbocycles. The minimum absolute atomic E-state index is 0.667. The highest BCUT2D eigenvalue weighted by Gasteiger charge is 2.22. The fraction of sp³-hybridized carbons (Fsp3) is 0.571. The molecule has 1 N–H and O–H groups in total. The van der Waals surface area contributed by atoms with Gasteiger partial charge < -0.3 is 10.0 Å². The molecule has 1 aromatic carbocycles. The Morgan fingerprint density at radius 3 is 2.31 bits per heavy atom. The van der Waals surface area contributed by atoms with Gasteiger partial charge in [-0.15, -0.1) is 0 Å². The van der Waals surface area contributed by atoms with Gasteiger partial charge in [0.05, 0.1) is 5.60 Å². The van der Waals surface area contributed by atoms with Gasteiger partial charge in [-0.2, -0.15) is 0 Å². The summed E-state index contributed by atoms with van der Waals surface area (Å²) in [5.74, 6) is 0.667. The minimum Gasteiger partial charge on any atom is -0.386 e. The molecule has 16 heavy (non-hydrogen) atoms. The number of likely N-dealkylation sites (tertiary alicyclic amines) is 1. The number of aliphatic hydroxyl groups is 1. The van der Waals surface area contributed by atoms with Crippen LogP contribution in [0.4, 0.5) is 0 Å². The second kappa shape index (κ2) is 4.19. The van der Waals surface area contributed by atoms with Crippen LogP contribution in [0.5, 0.6) is 0 Å². The van der Waals surface area contributed by atoms with E-state index in [0.29, 0.717) is 5.92 Å². The van der Waals surface area contributed by atoms with Gasteiger partial charge in [-0.3, -0.25) is 0 Å². The molecule has 1 fully saturated rings. The lowest BCUT2D eigenvalue weighted by Crippen LogP contribution is -2.16. The van der Waals surface area contributed by atoms with Crippen molar-refractivity contribution in [2.75, 3.05) is 20.1 Å². The molecule has 1 aromatic rings. The van der Waals surface area contributed by atoms with Crippen molar-refractivity contribution >= 4 is 0 Å². The number of hydrogen-bond donors (Lipinski definition) is 1. The summed E-state index contributed by atoms with van der Waals surface area (Å²) < 4.78 is 0. The van der Waals surface area contributed by atoms with E-state index in [1.807, 2.05) is 26.0 Å². The Kier molecular flexibility index (Phi) is 3.04. The Labute approximate surface area is 97.9 Å². The number of likely N-dealkylation sites (N-methyl/N-ethyl adjacent to an activating group) is 1. The maximum atomic E-state index is 9.88. The smallest absolute Gasteiger partial charge is 0.0840 e. The first-order valence-corrected chi connectivity index (χ1v) is 5.98. The van der Waals surface area contributed by atoms with Gasteiger partial charge in [0.15, 0.2) is 0 Å². The average molecular weight is 219 g/mol. The zero-order valence-corrected chi connectivity index (χ0v) is 10.4. The van der Waals surface area contributed by atoms with E-state index in [2.05, 4.69) is 24.1 Å². The number of rotatable bonds is 2. The molecule has 0 spiro atoms. The van der Waals surface area contributed by atoms with Crippen LogP contribution < -0.4 is 0 Å². The molecular weight excluding hydrogens is 198 g/mol. The summed E-state index contributed by atoms with van der Waals surface area (Å²) in [6.45, 7) is 6.00. The van der Waals surface area contributed by atoms with Gasteiger partial charge in [0.2, 0.25) is 0 Å². The van der Waals surface area contributed by atoms with Crippen LogP contribution in [0, 0.1) is 0 Å². The lowest BCUT2D eigenvalue weighted by Gasteiger charge is -2.19. The van der Waals surface area contributed by atoms with E-state index in [1.54, 1.807) is 0 Å². The molecule has 2 nitrogen and oxygen atoms in total. The van der Waals surface area contributed by atoms with E-state index >= 15 is 0 Å². The van der Waals surface area contributed by atoms with Crippen LogP contribution in [0.15, 0.2) is 24.3 Å². The van der Waals surface area contributed by atoms with Crippen molar-refractivity contribution in [3.8, 4) is 0 Å². The second-order valence-electron chi connectivity index (χ2n) is 5.43. The number of nitrogens with zero attached hydrogens (tertiary/aromatic N) is 1. The largest absolute Gasteiger partial charge is 0.386 e. The molecule has 0 aliphatic carbocycles. The van der Waals surface area contributed by atoms with Crippen molar-refractivity contribution in [3.05, 3.63) is 35.4 Å². The highest BCUT2D eigenvalue weighted by atomic mass is 16.3. The molecule has 2 heteroatoms. The van der Waals surface area contributed by atoms with Gasteiger partial charge in [0.1, 0.15) is 0 Å². The van der Waals surface area contributed by atoms with Crippen molar-refractivity contribution in [2.45, 2.75) is 31.8 Å². The topological polar surface area (TPSA) is 23.5 Å². The molecule has 1 aliphatic rings. The Morgan fingerprint density at radius 2 is 1.88 bits per heavy atom. The van der Waals surface area contributed by atoms with E-state index in [1.165, 1.54) is 18.5 Å². The van der Waals surface area contributed by atoms with Gasteiger partial charge >= 0.3 is 0 Å². The van der Waals surface area contributed by atoms with Crippen LogP contribution in [0.2, 0.25) is 0 Å². The lowest BCUT2D eigenvalue weighted by atomic mass is 9.93. The summed E-state index contributed by atoms with van der Waals surface area (Å²) in [6, 6.07) is 8.43. The molecule has 88 valence electrons. The predicted molar refractivity (Wildman–Crippen MR) is 66.5 cm³/mol. The fourth-order valence-corrected chi connectivity index (χ4v) is 2.37. The molecule has 0 amide bonds. The second-order valence-corrected chi connectivity index (χ2v) is 5.43. The predicted octanol–water partition coefficient (Wildman–Crippen LogP) is 2.33. The summed E-state index contributed by atoms with van der Waals surface area (Å²) in [4.78, 5) is 2.37. The number of hydrogen-bond acceptors (Lipinski definition) is 2. The normalized spacial score (nSPS) is 22.6. The van der Waals surface area contributed by atoms with Crippen LogP contribution >= 0.6 is 0 Å². The molecule has 2 rings (SSSR count). The van der Waals surface area contributed by atoms with Crippen LogP contribution in [0.25, 0.3) is 0 Å². The van der Waals surface area contributed by atoms with Crippen LogP contribution in [0.3, 0.4) is 0 Å². The highest BCUT2D eigenvalue weighted by molar-refractivity contribution is 5.29. The molecular formula is C14H21NO. The monoisotopic (exact) mass is 219 g/mol. The Balaban J connectivity index is 2.14. The first-order chi connectivity index (χ1) is 7.47. The molecule has 0 radical (unpaired) electrons. The van der Waals surface area contributed by atoms with Gasteiger partial charge in [-0.25, -0.2) is 0 Å². The summed E-state index contributed by atoms with van der Waals surface area (Å²) in [5.41, 5.74) is 1.66. The maximum Gasteiger partial charge on any atom is 0.0840 e. The molecule has 1 atom stereocenters. The summed E-state index contributed by atoms with van der Waals surface area (Å²) in [5, 5.41) is 9.88. The maximum absolute atomic E-state index is 9.88. The lowest BCUT2D eigenvalue weighted by molar-refractivity contribution is 0.0786. The molecule has 0 bridgehead atoms.